The molecule has 0 spiro atoms. The largest absolute Gasteiger partial charge is 0.354 e. The van der Waals surface area contributed by atoms with Gasteiger partial charge in [0.1, 0.15) is 0 Å². The molecule has 0 unspecified atom stereocenters. The Morgan fingerprint density at radius 2 is 1.97 bits per heavy atom. The quantitative estimate of drug-likeness (QED) is 0.576. The molecule has 1 aliphatic rings. The van der Waals surface area contributed by atoms with Crippen molar-refractivity contribution in [2.24, 2.45) is 0 Å². The lowest BCUT2D eigenvalue weighted by atomic mass is 10.1. The van der Waals surface area contributed by atoms with Crippen molar-refractivity contribution in [3.63, 3.8) is 0 Å². The number of tetrazole rings is 1. The van der Waals surface area contributed by atoms with Gasteiger partial charge in [0.15, 0.2) is 5.82 Å². The van der Waals surface area contributed by atoms with Crippen LogP contribution in [0.3, 0.4) is 0 Å². The number of amides is 2. The van der Waals surface area contributed by atoms with Crippen LogP contribution in [-0.2, 0) is 14.8 Å². The fourth-order valence-electron chi connectivity index (χ4n) is 3.34. The number of sulfonamides is 1. The number of benzene rings is 2. The van der Waals surface area contributed by atoms with Crippen molar-refractivity contribution in [1.29, 1.82) is 0 Å². The fraction of sp³-hybridized carbons (Fsp3) is 0.250. The Labute approximate surface area is 184 Å². The minimum Gasteiger partial charge on any atom is -0.354 e. The Hall–Kier alpha value is -3.64. The van der Waals surface area contributed by atoms with Gasteiger partial charge in [-0.15, -0.1) is 5.10 Å². The van der Waals surface area contributed by atoms with Crippen molar-refractivity contribution in [1.82, 2.24) is 29.8 Å². The van der Waals surface area contributed by atoms with E-state index in [0.717, 1.165) is 9.87 Å². The average molecular weight is 456 g/mol. The van der Waals surface area contributed by atoms with E-state index in [4.69, 9.17) is 0 Å². The third kappa shape index (κ3) is 4.22. The first-order chi connectivity index (χ1) is 15.3. The minimum atomic E-state index is -3.90. The van der Waals surface area contributed by atoms with Crippen LogP contribution in [0.1, 0.15) is 21.7 Å². The molecule has 32 heavy (non-hydrogen) atoms. The van der Waals surface area contributed by atoms with Crippen molar-refractivity contribution < 1.29 is 18.0 Å². The van der Waals surface area contributed by atoms with Gasteiger partial charge in [-0.05, 0) is 60.2 Å². The summed E-state index contributed by atoms with van der Waals surface area (Å²) >= 11 is 0. The van der Waals surface area contributed by atoms with Crippen LogP contribution in [0.4, 0.5) is 5.69 Å². The lowest BCUT2D eigenvalue weighted by Gasteiger charge is -2.26. The number of anilines is 1. The van der Waals surface area contributed by atoms with Crippen LogP contribution in [0.5, 0.6) is 0 Å². The number of carbonyl (C=O) groups excluding carboxylic acids is 2. The van der Waals surface area contributed by atoms with Gasteiger partial charge in [-0.1, -0.05) is 12.1 Å². The SMILES string of the molecule is Cc1ccc(NC(=O)c2cccc(S(=O)(=O)N3CCNC(=O)C3)c2)cc1-n1nnnc1C. The van der Waals surface area contributed by atoms with Gasteiger partial charge in [0, 0.05) is 24.3 Å². The molecule has 0 bridgehead atoms. The number of nitrogens with zero attached hydrogens (tertiary/aromatic N) is 5. The van der Waals surface area contributed by atoms with E-state index in [0.29, 0.717) is 17.2 Å². The second-order valence-electron chi connectivity index (χ2n) is 7.31. The molecule has 1 aromatic heterocycles. The molecule has 12 heteroatoms. The molecule has 4 rings (SSSR count). The third-order valence-corrected chi connectivity index (χ3v) is 6.90. The molecule has 0 aliphatic carbocycles. The fourth-order valence-corrected chi connectivity index (χ4v) is 4.78. The van der Waals surface area contributed by atoms with Gasteiger partial charge in [-0.3, -0.25) is 9.59 Å². The minimum absolute atomic E-state index is 0.0474. The number of nitrogens with one attached hydrogen (secondary N) is 2. The molecule has 2 N–H and O–H groups in total. The van der Waals surface area contributed by atoms with E-state index in [1.54, 1.807) is 23.7 Å². The molecular formula is C20H21N7O4S. The van der Waals surface area contributed by atoms with E-state index in [9.17, 15) is 18.0 Å². The van der Waals surface area contributed by atoms with Crippen molar-refractivity contribution in [2.45, 2.75) is 18.7 Å². The van der Waals surface area contributed by atoms with Crippen molar-refractivity contribution in [3.8, 4) is 5.69 Å². The highest BCUT2D eigenvalue weighted by molar-refractivity contribution is 7.89. The summed E-state index contributed by atoms with van der Waals surface area (Å²) in [5.74, 6) is -0.232. The summed E-state index contributed by atoms with van der Waals surface area (Å²) in [7, 11) is -3.90. The lowest BCUT2D eigenvalue weighted by Crippen LogP contribution is -2.49. The number of carbonyl (C=O) groups is 2. The van der Waals surface area contributed by atoms with Gasteiger partial charge >= 0.3 is 0 Å². The third-order valence-electron chi connectivity index (χ3n) is 5.06. The van der Waals surface area contributed by atoms with E-state index in [1.807, 2.05) is 13.0 Å². The Kier molecular flexibility index (Phi) is 5.72. The van der Waals surface area contributed by atoms with Crippen LogP contribution >= 0.6 is 0 Å². The van der Waals surface area contributed by atoms with E-state index >= 15 is 0 Å². The van der Waals surface area contributed by atoms with Gasteiger partial charge in [0.2, 0.25) is 15.9 Å². The van der Waals surface area contributed by atoms with Gasteiger partial charge in [0.05, 0.1) is 17.1 Å². The summed E-state index contributed by atoms with van der Waals surface area (Å²) in [6, 6.07) is 11.0. The zero-order valence-electron chi connectivity index (χ0n) is 17.4. The molecule has 166 valence electrons. The number of rotatable bonds is 5. The van der Waals surface area contributed by atoms with Gasteiger partial charge in [0.25, 0.3) is 5.91 Å². The molecule has 11 nitrogen and oxygen atoms in total. The highest BCUT2D eigenvalue weighted by atomic mass is 32.2. The summed E-state index contributed by atoms with van der Waals surface area (Å²) in [6.07, 6.45) is 0. The van der Waals surface area contributed by atoms with Crippen molar-refractivity contribution >= 4 is 27.5 Å². The van der Waals surface area contributed by atoms with E-state index in [2.05, 4.69) is 26.2 Å². The van der Waals surface area contributed by atoms with Crippen LogP contribution in [0, 0.1) is 13.8 Å². The number of hydrogen-bond donors (Lipinski definition) is 2. The first kappa shape index (κ1) is 21.6. The number of hydrogen-bond acceptors (Lipinski definition) is 7. The topological polar surface area (TPSA) is 139 Å². The van der Waals surface area contributed by atoms with Crippen LogP contribution in [0.25, 0.3) is 5.69 Å². The maximum atomic E-state index is 12.9. The molecule has 2 aromatic carbocycles. The molecule has 0 atom stereocenters. The first-order valence-corrected chi connectivity index (χ1v) is 11.2. The smallest absolute Gasteiger partial charge is 0.255 e. The summed E-state index contributed by atoms with van der Waals surface area (Å²) in [4.78, 5) is 24.4. The van der Waals surface area contributed by atoms with Crippen LogP contribution in [0.2, 0.25) is 0 Å². The van der Waals surface area contributed by atoms with Crippen molar-refractivity contribution in [3.05, 3.63) is 59.4 Å². The van der Waals surface area contributed by atoms with Crippen LogP contribution < -0.4 is 10.6 Å². The summed E-state index contributed by atoms with van der Waals surface area (Å²) < 4.78 is 28.5. The second kappa shape index (κ2) is 8.48. The van der Waals surface area contributed by atoms with E-state index < -0.39 is 15.9 Å². The standard InChI is InChI=1S/C20H21N7O4S/c1-13-6-7-16(11-18(13)27-14(2)23-24-25-27)22-20(29)15-4-3-5-17(10-15)32(30,31)26-9-8-21-19(28)12-26/h3-7,10-11H,8-9,12H2,1-2H3,(H,21,28)(H,22,29). The van der Waals surface area contributed by atoms with E-state index in [1.165, 1.54) is 24.3 Å². The molecule has 2 heterocycles. The zero-order valence-corrected chi connectivity index (χ0v) is 18.3. The molecule has 2 amide bonds. The van der Waals surface area contributed by atoms with Gasteiger partial charge in [-0.2, -0.15) is 8.99 Å². The summed E-state index contributed by atoms with van der Waals surface area (Å²) in [6.45, 7) is 3.84. The molecule has 0 saturated carbocycles. The van der Waals surface area contributed by atoms with E-state index in [-0.39, 0.29) is 36.0 Å². The maximum Gasteiger partial charge on any atom is 0.255 e. The predicted molar refractivity (Wildman–Crippen MR) is 115 cm³/mol. The van der Waals surface area contributed by atoms with Gasteiger partial charge < -0.3 is 10.6 Å². The number of aryl methyl sites for hydroxylation is 2. The molecule has 1 fully saturated rings. The number of piperazine rings is 1. The molecule has 0 radical (unpaired) electrons. The predicted octanol–water partition coefficient (Wildman–Crippen LogP) is 0.652. The monoisotopic (exact) mass is 455 g/mol. The maximum absolute atomic E-state index is 12.9. The Bertz CT molecular complexity index is 1300. The number of aromatic nitrogens is 4. The highest BCUT2D eigenvalue weighted by Crippen LogP contribution is 2.22. The second-order valence-corrected chi connectivity index (χ2v) is 9.25. The average Bonchev–Trinajstić information content (AvgIpc) is 3.20. The van der Waals surface area contributed by atoms with Gasteiger partial charge in [-0.25, -0.2) is 8.42 Å². The van der Waals surface area contributed by atoms with Crippen LogP contribution in [-0.4, -0.2) is 64.4 Å². The summed E-state index contributed by atoms with van der Waals surface area (Å²) in [5, 5.41) is 16.8. The lowest BCUT2D eigenvalue weighted by molar-refractivity contribution is -0.122. The molecule has 1 aliphatic heterocycles. The normalized spacial score (nSPS) is 14.8. The molecular weight excluding hydrogens is 434 g/mol. The Balaban J connectivity index is 1.58. The summed E-state index contributed by atoms with van der Waals surface area (Å²) in [5.41, 5.74) is 2.31. The first-order valence-electron chi connectivity index (χ1n) is 9.80. The molecule has 1 saturated heterocycles. The van der Waals surface area contributed by atoms with Crippen molar-refractivity contribution in [2.75, 3.05) is 25.0 Å². The zero-order chi connectivity index (χ0) is 22.9. The Morgan fingerprint density at radius 3 is 2.69 bits per heavy atom. The highest BCUT2D eigenvalue weighted by Gasteiger charge is 2.29. The molecule has 3 aromatic rings. The van der Waals surface area contributed by atoms with Crippen LogP contribution in [0.15, 0.2) is 47.4 Å². The Morgan fingerprint density at radius 1 is 1.16 bits per heavy atom.